The second-order valence-electron chi connectivity index (χ2n) is 5.55. The Morgan fingerprint density at radius 2 is 0.846 bits per heavy atom. The third-order valence-electron chi connectivity index (χ3n) is 3.69. The molecule has 2 nitrogen and oxygen atoms in total. The summed E-state index contributed by atoms with van der Waals surface area (Å²) in [6.07, 6.45) is -5.89. The Kier molecular flexibility index (Phi) is 5.25. The normalized spacial score (nSPS) is 13.8. The number of rotatable bonds is 2. The summed E-state index contributed by atoms with van der Waals surface area (Å²) in [5.74, 6) is -0.921. The Morgan fingerprint density at radius 1 is 0.577 bits per heavy atom. The van der Waals surface area contributed by atoms with Gasteiger partial charge in [-0.3, -0.25) is 0 Å². The maximum atomic E-state index is 13.6. The molecule has 2 aromatic rings. The van der Waals surface area contributed by atoms with Crippen LogP contribution in [-0.4, -0.2) is 22.6 Å². The van der Waals surface area contributed by atoms with Gasteiger partial charge in [0.1, 0.15) is 11.5 Å². The van der Waals surface area contributed by atoms with E-state index in [-0.39, 0.29) is 0 Å². The van der Waals surface area contributed by atoms with Gasteiger partial charge in [-0.2, -0.15) is 26.3 Å². The second-order valence-corrected chi connectivity index (χ2v) is 5.55. The second kappa shape index (κ2) is 6.93. The average molecular weight is 376 g/mol. The molecule has 8 heteroatoms. The van der Waals surface area contributed by atoms with Crippen molar-refractivity contribution in [3.8, 4) is 11.5 Å². The molecule has 26 heavy (non-hydrogen) atoms. The van der Waals surface area contributed by atoms with Crippen molar-refractivity contribution in [3.63, 3.8) is 0 Å². The van der Waals surface area contributed by atoms with E-state index in [2.05, 4.69) is 12.2 Å². The number of alkyl halides is 6. The van der Waals surface area contributed by atoms with E-state index in [1.54, 1.807) is 0 Å². The third kappa shape index (κ3) is 3.79. The summed E-state index contributed by atoms with van der Waals surface area (Å²) in [5.41, 5.74) is -6.44. The van der Waals surface area contributed by atoms with E-state index in [1.165, 1.54) is 6.42 Å². The van der Waals surface area contributed by atoms with Gasteiger partial charge in [-0.1, -0.05) is 36.4 Å². The van der Waals surface area contributed by atoms with Crippen molar-refractivity contribution < 1.29 is 36.6 Å². The average Bonchev–Trinajstić information content (AvgIpc) is 3.37. The van der Waals surface area contributed by atoms with Crippen LogP contribution in [0.2, 0.25) is 0 Å². The molecule has 0 aliphatic heterocycles. The predicted molar refractivity (Wildman–Crippen MR) is 82.9 cm³/mol. The number of halogens is 6. The maximum Gasteiger partial charge on any atom is 0.411 e. The van der Waals surface area contributed by atoms with Crippen molar-refractivity contribution in [3.05, 3.63) is 71.8 Å². The summed E-state index contributed by atoms with van der Waals surface area (Å²) in [6, 6.07) is 5.30. The first-order valence-electron chi connectivity index (χ1n) is 7.37. The number of hydrogen-bond acceptors (Lipinski definition) is 2. The molecule has 0 amide bonds. The van der Waals surface area contributed by atoms with Gasteiger partial charge in [-0.05, 0) is 41.8 Å². The molecule has 2 aromatic carbocycles. The summed E-state index contributed by atoms with van der Waals surface area (Å²) in [6.45, 7) is 0. The molecule has 140 valence electrons. The van der Waals surface area contributed by atoms with Crippen LogP contribution in [0.15, 0.2) is 60.7 Å². The highest BCUT2D eigenvalue weighted by atomic mass is 19.4. The highest BCUT2D eigenvalue weighted by Gasteiger charge is 2.72. The molecular formula is C18H14F6O2. The van der Waals surface area contributed by atoms with E-state index in [9.17, 15) is 26.3 Å². The van der Waals surface area contributed by atoms with E-state index in [1.807, 2.05) is 0 Å². The van der Waals surface area contributed by atoms with Gasteiger partial charge in [0.25, 0.3) is 0 Å². The van der Waals surface area contributed by atoms with Crippen LogP contribution in [0.25, 0.3) is 0 Å². The number of phenolic OH excluding ortho intramolecular Hbond substituents is 2. The van der Waals surface area contributed by atoms with Crippen LogP contribution in [0, 0.1) is 0 Å². The van der Waals surface area contributed by atoms with Gasteiger partial charge in [0, 0.05) is 0 Å². The van der Waals surface area contributed by atoms with Gasteiger partial charge in [-0.25, -0.2) is 0 Å². The Balaban J connectivity index is 0.000000732. The zero-order valence-corrected chi connectivity index (χ0v) is 13.1. The fraction of sp³-hybridized carbons (Fsp3) is 0.222. The maximum absolute atomic E-state index is 13.6. The van der Waals surface area contributed by atoms with Gasteiger partial charge in [0.15, 0.2) is 0 Å². The first-order chi connectivity index (χ1) is 12.0. The highest BCUT2D eigenvalue weighted by molar-refractivity contribution is 5.46. The first kappa shape index (κ1) is 19.7. The molecule has 0 bridgehead atoms. The molecule has 0 atom stereocenters. The minimum Gasteiger partial charge on any atom is -0.508 e. The molecule has 0 aromatic heterocycles. The van der Waals surface area contributed by atoms with Crippen LogP contribution in [0.4, 0.5) is 26.3 Å². The van der Waals surface area contributed by atoms with Crippen LogP contribution in [0.1, 0.15) is 17.5 Å². The molecule has 1 aliphatic carbocycles. The molecule has 1 aliphatic rings. The fourth-order valence-electron chi connectivity index (χ4n) is 2.40. The van der Waals surface area contributed by atoms with Crippen LogP contribution in [0.3, 0.4) is 0 Å². The first-order valence-corrected chi connectivity index (χ1v) is 7.37. The van der Waals surface area contributed by atoms with Crippen LogP contribution in [-0.2, 0) is 5.41 Å². The van der Waals surface area contributed by atoms with E-state index in [4.69, 9.17) is 10.2 Å². The van der Waals surface area contributed by atoms with Gasteiger partial charge in [0.2, 0.25) is 5.41 Å². The van der Waals surface area contributed by atoms with Crippen LogP contribution >= 0.6 is 0 Å². The Bertz CT molecular complexity index is 693. The summed E-state index contributed by atoms with van der Waals surface area (Å²) in [5, 5.41) is 18.3. The van der Waals surface area contributed by atoms with Crippen LogP contribution < -0.4 is 0 Å². The van der Waals surface area contributed by atoms with Gasteiger partial charge >= 0.3 is 12.4 Å². The predicted octanol–water partition coefficient (Wildman–Crippen LogP) is 5.45. The molecule has 0 unspecified atom stereocenters. The molecular weight excluding hydrogens is 362 g/mol. The number of allylic oxidation sites excluding steroid dienone is 2. The number of aromatic hydroxyl groups is 2. The molecule has 0 fully saturated rings. The summed E-state index contributed by atoms with van der Waals surface area (Å²) >= 11 is 0. The zero-order chi connectivity index (χ0) is 19.6. The van der Waals surface area contributed by atoms with Crippen LogP contribution in [0.5, 0.6) is 11.5 Å². The largest absolute Gasteiger partial charge is 0.508 e. The van der Waals surface area contributed by atoms with Crippen molar-refractivity contribution in [1.82, 2.24) is 0 Å². The van der Waals surface area contributed by atoms with Crippen molar-refractivity contribution in [2.45, 2.75) is 24.2 Å². The summed E-state index contributed by atoms with van der Waals surface area (Å²) < 4.78 is 81.6. The lowest BCUT2D eigenvalue weighted by Crippen LogP contribution is -2.54. The van der Waals surface area contributed by atoms with Gasteiger partial charge in [-0.15, -0.1) is 0 Å². The molecule has 2 N–H and O–H groups in total. The van der Waals surface area contributed by atoms with E-state index >= 15 is 0 Å². The van der Waals surface area contributed by atoms with Crippen molar-refractivity contribution in [2.75, 3.05) is 0 Å². The highest BCUT2D eigenvalue weighted by Crippen LogP contribution is 2.56. The third-order valence-corrected chi connectivity index (χ3v) is 3.69. The minimum absolute atomic E-state index is 0.460. The number of hydrogen-bond donors (Lipinski definition) is 2. The minimum atomic E-state index is -5.70. The Morgan fingerprint density at radius 3 is 1.04 bits per heavy atom. The topological polar surface area (TPSA) is 40.5 Å². The molecule has 0 spiro atoms. The van der Waals surface area contributed by atoms with Crippen molar-refractivity contribution >= 4 is 0 Å². The zero-order valence-electron chi connectivity index (χ0n) is 13.1. The molecule has 0 radical (unpaired) electrons. The lowest BCUT2D eigenvalue weighted by molar-refractivity contribution is -0.288. The standard InChI is InChI=1S/C15H10F6O2.C3H4/c16-14(17,18)13(15(19,20)21,9-1-5-11(22)6-2-9)10-3-7-12(23)8-4-10;1-2-3-1/h1-8,22-23H;1-2H,3H2. The fourth-order valence-corrected chi connectivity index (χ4v) is 2.40. The van der Waals surface area contributed by atoms with Crippen molar-refractivity contribution in [2.24, 2.45) is 0 Å². The van der Waals surface area contributed by atoms with E-state index in [0.29, 0.717) is 24.3 Å². The molecule has 0 heterocycles. The molecule has 0 saturated heterocycles. The Labute approximate surface area is 145 Å². The number of benzene rings is 2. The van der Waals surface area contributed by atoms with Crippen molar-refractivity contribution in [1.29, 1.82) is 0 Å². The molecule has 3 rings (SSSR count). The summed E-state index contributed by atoms with van der Waals surface area (Å²) in [7, 11) is 0. The van der Waals surface area contributed by atoms with Gasteiger partial charge in [0.05, 0.1) is 0 Å². The number of phenols is 2. The van der Waals surface area contributed by atoms with E-state index < -0.39 is 40.4 Å². The summed E-state index contributed by atoms with van der Waals surface area (Å²) in [4.78, 5) is 0. The van der Waals surface area contributed by atoms with E-state index in [0.717, 1.165) is 24.3 Å². The Hall–Kier alpha value is -2.64. The quantitative estimate of drug-likeness (QED) is 0.540. The SMILES string of the molecule is C1=CC1.Oc1ccc(C(c2ccc(O)cc2)(C(F)(F)F)C(F)(F)F)cc1. The lowest BCUT2D eigenvalue weighted by atomic mass is 9.73. The monoisotopic (exact) mass is 376 g/mol. The molecule has 0 saturated carbocycles. The smallest absolute Gasteiger partial charge is 0.411 e. The lowest BCUT2D eigenvalue weighted by Gasteiger charge is -2.38. The van der Waals surface area contributed by atoms with Gasteiger partial charge < -0.3 is 10.2 Å².